The van der Waals surface area contributed by atoms with Gasteiger partial charge in [-0.3, -0.25) is 19.6 Å². The van der Waals surface area contributed by atoms with Crippen molar-refractivity contribution >= 4 is 17.3 Å². The second-order valence-corrected chi connectivity index (χ2v) is 7.71. The normalized spacial score (nSPS) is 13.9. The average Bonchev–Trinajstić information content (AvgIpc) is 2.82. The van der Waals surface area contributed by atoms with Crippen LogP contribution >= 0.6 is 0 Å². The first-order valence-electron chi connectivity index (χ1n) is 10.4. The lowest BCUT2D eigenvalue weighted by Gasteiger charge is -2.28. The van der Waals surface area contributed by atoms with Gasteiger partial charge in [-0.15, -0.1) is 0 Å². The van der Waals surface area contributed by atoms with Gasteiger partial charge in [0.1, 0.15) is 11.4 Å². The molecule has 4 heterocycles. The van der Waals surface area contributed by atoms with E-state index in [1.807, 2.05) is 17.9 Å². The van der Waals surface area contributed by atoms with Crippen molar-refractivity contribution in [3.05, 3.63) is 70.2 Å². The van der Waals surface area contributed by atoms with Gasteiger partial charge in [0, 0.05) is 54.9 Å². The molecule has 3 aromatic rings. The summed E-state index contributed by atoms with van der Waals surface area (Å²) in [5.41, 5.74) is 2.68. The average molecular weight is 455 g/mol. The molecule has 172 valence electrons. The monoisotopic (exact) mass is 455 g/mol. The Morgan fingerprint density at radius 1 is 1.18 bits per heavy atom. The number of alkyl halides is 2. The number of ether oxygens (including phenoxy) is 1. The SMILES string of the molecule is Cc1ncc(NC(=O)c2ccnc(C(F)F)c2)cc1-c1cc(N2CCOCC2)c(=O)n(C)c1. The van der Waals surface area contributed by atoms with Crippen molar-refractivity contribution in [2.75, 3.05) is 36.5 Å². The highest BCUT2D eigenvalue weighted by molar-refractivity contribution is 6.04. The molecular weight excluding hydrogens is 432 g/mol. The summed E-state index contributed by atoms with van der Waals surface area (Å²) in [6.07, 6.45) is 1.62. The molecule has 0 aromatic carbocycles. The van der Waals surface area contributed by atoms with E-state index in [0.717, 1.165) is 17.2 Å². The van der Waals surface area contributed by atoms with Crippen LogP contribution in [0.3, 0.4) is 0 Å². The number of aromatic nitrogens is 3. The predicted molar refractivity (Wildman–Crippen MR) is 120 cm³/mol. The van der Waals surface area contributed by atoms with Crippen LogP contribution in [0.5, 0.6) is 0 Å². The first kappa shape index (κ1) is 22.5. The zero-order valence-corrected chi connectivity index (χ0v) is 18.2. The van der Waals surface area contributed by atoms with Gasteiger partial charge < -0.3 is 19.5 Å². The molecule has 1 saturated heterocycles. The standard InChI is InChI=1S/C23H23F2N5O3/c1-14-18(16-10-20(23(32)29(2)13-16)30-5-7-33-8-6-30)11-17(12-27-14)28-22(31)15-3-4-26-19(9-15)21(24)25/h3-4,9-13,21H,5-8H2,1-2H3,(H,28,31). The van der Waals surface area contributed by atoms with Crippen molar-refractivity contribution in [1.82, 2.24) is 14.5 Å². The van der Waals surface area contributed by atoms with Gasteiger partial charge in [-0.25, -0.2) is 8.78 Å². The van der Waals surface area contributed by atoms with E-state index in [9.17, 15) is 18.4 Å². The van der Waals surface area contributed by atoms with Gasteiger partial charge in [-0.1, -0.05) is 0 Å². The van der Waals surface area contributed by atoms with Gasteiger partial charge in [0.05, 0.1) is 25.1 Å². The number of carbonyl (C=O) groups excluding carboxylic acids is 1. The van der Waals surface area contributed by atoms with Crippen LogP contribution in [-0.2, 0) is 11.8 Å². The number of rotatable bonds is 5. The van der Waals surface area contributed by atoms with E-state index in [2.05, 4.69) is 15.3 Å². The Morgan fingerprint density at radius 2 is 1.94 bits per heavy atom. The number of halogens is 2. The van der Waals surface area contributed by atoms with Gasteiger partial charge in [0.2, 0.25) is 0 Å². The summed E-state index contributed by atoms with van der Waals surface area (Å²) in [4.78, 5) is 35.3. The number of hydrogen-bond acceptors (Lipinski definition) is 6. The minimum atomic E-state index is -2.77. The maximum Gasteiger partial charge on any atom is 0.280 e. The summed E-state index contributed by atoms with van der Waals surface area (Å²) in [5, 5.41) is 2.70. The number of hydrogen-bond donors (Lipinski definition) is 1. The van der Waals surface area contributed by atoms with Gasteiger partial charge >= 0.3 is 0 Å². The van der Waals surface area contributed by atoms with E-state index < -0.39 is 18.0 Å². The summed E-state index contributed by atoms with van der Waals surface area (Å²) in [7, 11) is 1.69. The van der Waals surface area contributed by atoms with Crippen molar-refractivity contribution in [2.24, 2.45) is 7.05 Å². The van der Waals surface area contributed by atoms with Gasteiger partial charge in [-0.05, 0) is 31.2 Å². The second-order valence-electron chi connectivity index (χ2n) is 7.71. The van der Waals surface area contributed by atoms with Crippen molar-refractivity contribution in [3.63, 3.8) is 0 Å². The van der Waals surface area contributed by atoms with E-state index in [-0.39, 0.29) is 11.1 Å². The Balaban J connectivity index is 1.65. The smallest absolute Gasteiger partial charge is 0.280 e. The summed E-state index contributed by atoms with van der Waals surface area (Å²) < 4.78 is 32.7. The number of amides is 1. The van der Waals surface area contributed by atoms with Crippen molar-refractivity contribution in [2.45, 2.75) is 13.3 Å². The third kappa shape index (κ3) is 4.90. The molecule has 0 radical (unpaired) electrons. The van der Waals surface area contributed by atoms with Crippen molar-refractivity contribution in [1.29, 1.82) is 0 Å². The fourth-order valence-electron chi connectivity index (χ4n) is 3.68. The van der Waals surface area contributed by atoms with Crippen LogP contribution in [0.25, 0.3) is 11.1 Å². The number of anilines is 2. The Hall–Kier alpha value is -3.66. The number of morpholine rings is 1. The molecule has 1 aliphatic rings. The molecule has 4 rings (SSSR count). The zero-order valence-electron chi connectivity index (χ0n) is 18.2. The third-order valence-electron chi connectivity index (χ3n) is 5.44. The molecule has 0 saturated carbocycles. The Bertz CT molecular complexity index is 1240. The highest BCUT2D eigenvalue weighted by Gasteiger charge is 2.18. The van der Waals surface area contributed by atoms with E-state index in [1.165, 1.54) is 23.0 Å². The van der Waals surface area contributed by atoms with Crippen LogP contribution in [0.4, 0.5) is 20.2 Å². The van der Waals surface area contributed by atoms with Gasteiger partial charge in [0.15, 0.2) is 0 Å². The van der Waals surface area contributed by atoms with Crippen LogP contribution in [-0.4, -0.2) is 46.7 Å². The van der Waals surface area contributed by atoms with Crippen LogP contribution in [0.1, 0.15) is 28.2 Å². The third-order valence-corrected chi connectivity index (χ3v) is 5.44. The highest BCUT2D eigenvalue weighted by atomic mass is 19.3. The summed E-state index contributed by atoms with van der Waals surface area (Å²) in [6.45, 7) is 4.19. The Labute approximate surface area is 188 Å². The number of pyridine rings is 3. The van der Waals surface area contributed by atoms with E-state index in [4.69, 9.17) is 4.74 Å². The maximum absolute atomic E-state index is 12.9. The molecule has 0 atom stereocenters. The molecule has 0 bridgehead atoms. The number of nitrogens with zero attached hydrogens (tertiary/aromatic N) is 4. The zero-order chi connectivity index (χ0) is 23.5. The van der Waals surface area contributed by atoms with Crippen molar-refractivity contribution in [3.8, 4) is 11.1 Å². The first-order valence-corrected chi connectivity index (χ1v) is 10.4. The van der Waals surface area contributed by atoms with E-state index >= 15 is 0 Å². The fraction of sp³-hybridized carbons (Fsp3) is 0.304. The second kappa shape index (κ2) is 9.45. The van der Waals surface area contributed by atoms with Crippen LogP contribution in [0.2, 0.25) is 0 Å². The van der Waals surface area contributed by atoms with Gasteiger partial charge in [-0.2, -0.15) is 0 Å². The lowest BCUT2D eigenvalue weighted by Crippen LogP contribution is -2.40. The molecule has 1 aliphatic heterocycles. The number of carbonyl (C=O) groups is 1. The number of nitrogens with one attached hydrogen (secondary N) is 1. The molecule has 3 aromatic heterocycles. The minimum absolute atomic E-state index is 0.0686. The molecule has 1 fully saturated rings. The molecule has 8 nitrogen and oxygen atoms in total. The molecule has 1 N–H and O–H groups in total. The summed E-state index contributed by atoms with van der Waals surface area (Å²) in [6, 6.07) is 5.99. The lowest BCUT2D eigenvalue weighted by atomic mass is 10.0. The van der Waals surface area contributed by atoms with E-state index in [0.29, 0.717) is 43.4 Å². The van der Waals surface area contributed by atoms with Crippen molar-refractivity contribution < 1.29 is 18.3 Å². The summed E-state index contributed by atoms with van der Waals surface area (Å²) in [5.74, 6) is -0.551. The topological polar surface area (TPSA) is 89.4 Å². The largest absolute Gasteiger partial charge is 0.378 e. The van der Waals surface area contributed by atoms with Crippen LogP contribution in [0.15, 0.2) is 47.7 Å². The molecular formula is C23H23F2N5O3. The molecule has 0 spiro atoms. The molecule has 0 unspecified atom stereocenters. The Kier molecular flexibility index (Phi) is 6.45. The quantitative estimate of drug-likeness (QED) is 0.636. The molecule has 1 amide bonds. The molecule has 0 aliphatic carbocycles. The predicted octanol–water partition coefficient (Wildman–Crippen LogP) is 3.18. The Morgan fingerprint density at radius 3 is 2.67 bits per heavy atom. The van der Waals surface area contributed by atoms with Crippen LogP contribution in [0, 0.1) is 6.92 Å². The number of aryl methyl sites for hydroxylation is 2. The lowest BCUT2D eigenvalue weighted by molar-refractivity contribution is 0.102. The molecule has 33 heavy (non-hydrogen) atoms. The van der Waals surface area contributed by atoms with Gasteiger partial charge in [0.25, 0.3) is 17.9 Å². The molecule has 10 heteroatoms. The fourth-order valence-corrected chi connectivity index (χ4v) is 3.68. The minimum Gasteiger partial charge on any atom is -0.378 e. The van der Waals surface area contributed by atoms with Crippen LogP contribution < -0.4 is 15.8 Å². The summed E-state index contributed by atoms with van der Waals surface area (Å²) >= 11 is 0. The highest BCUT2D eigenvalue weighted by Crippen LogP contribution is 2.27. The maximum atomic E-state index is 12.9. The van der Waals surface area contributed by atoms with E-state index in [1.54, 1.807) is 19.3 Å². The first-order chi connectivity index (χ1) is 15.8.